The number of para-hydroxylation sites is 1. The molecule has 0 radical (unpaired) electrons. The SMILES string of the molecule is COc1cccc(C(=O)Nc2ccccc2C2(C)CC2)c1. The highest BCUT2D eigenvalue weighted by atomic mass is 16.5. The number of carbonyl (C=O) groups excluding carboxylic acids is 1. The second kappa shape index (κ2) is 5.24. The summed E-state index contributed by atoms with van der Waals surface area (Å²) in [7, 11) is 1.60. The molecule has 2 aromatic carbocycles. The molecule has 0 spiro atoms. The molecule has 0 aliphatic heterocycles. The normalized spacial score (nSPS) is 15.3. The Morgan fingerprint density at radius 3 is 2.62 bits per heavy atom. The van der Waals surface area contributed by atoms with E-state index in [0.717, 1.165) is 5.69 Å². The maximum Gasteiger partial charge on any atom is 0.255 e. The Morgan fingerprint density at radius 2 is 1.90 bits per heavy atom. The number of benzene rings is 2. The molecule has 1 fully saturated rings. The summed E-state index contributed by atoms with van der Waals surface area (Å²) in [5.41, 5.74) is 2.95. The van der Waals surface area contributed by atoms with Gasteiger partial charge in [-0.25, -0.2) is 0 Å². The summed E-state index contributed by atoms with van der Waals surface area (Å²) in [5.74, 6) is 0.579. The van der Waals surface area contributed by atoms with Crippen molar-refractivity contribution in [3.05, 3.63) is 59.7 Å². The van der Waals surface area contributed by atoms with Crippen molar-refractivity contribution in [3.63, 3.8) is 0 Å². The lowest BCUT2D eigenvalue weighted by atomic mass is 9.96. The number of hydrogen-bond acceptors (Lipinski definition) is 2. The minimum atomic E-state index is -0.106. The van der Waals surface area contributed by atoms with Crippen LogP contribution < -0.4 is 10.1 Å². The van der Waals surface area contributed by atoms with Crippen molar-refractivity contribution in [1.29, 1.82) is 0 Å². The lowest BCUT2D eigenvalue weighted by molar-refractivity contribution is 0.102. The van der Waals surface area contributed by atoms with Gasteiger partial charge in [0.1, 0.15) is 5.75 Å². The first-order chi connectivity index (χ1) is 10.1. The van der Waals surface area contributed by atoms with Gasteiger partial charge in [-0.05, 0) is 48.1 Å². The zero-order valence-electron chi connectivity index (χ0n) is 12.3. The lowest BCUT2D eigenvalue weighted by Gasteiger charge is -2.16. The largest absolute Gasteiger partial charge is 0.497 e. The number of anilines is 1. The molecule has 108 valence electrons. The second-order valence-corrected chi connectivity index (χ2v) is 5.79. The lowest BCUT2D eigenvalue weighted by Crippen LogP contribution is -2.15. The summed E-state index contributed by atoms with van der Waals surface area (Å²) in [6.07, 6.45) is 2.36. The van der Waals surface area contributed by atoms with Crippen LogP contribution >= 0.6 is 0 Å². The third kappa shape index (κ3) is 2.77. The van der Waals surface area contributed by atoms with Crippen LogP contribution in [0.1, 0.15) is 35.7 Å². The van der Waals surface area contributed by atoms with Crippen LogP contribution in [0, 0.1) is 0 Å². The molecule has 0 atom stereocenters. The zero-order valence-corrected chi connectivity index (χ0v) is 12.3. The number of carbonyl (C=O) groups is 1. The summed E-state index contributed by atoms with van der Waals surface area (Å²) in [6, 6.07) is 15.2. The van der Waals surface area contributed by atoms with Crippen LogP contribution in [0.3, 0.4) is 0 Å². The standard InChI is InChI=1S/C18H19NO2/c1-18(10-11-18)15-8-3-4-9-16(15)19-17(20)13-6-5-7-14(12-13)21-2/h3-9,12H,10-11H2,1-2H3,(H,19,20). The maximum atomic E-state index is 12.4. The number of rotatable bonds is 4. The molecule has 0 unspecified atom stereocenters. The molecule has 1 aliphatic rings. The fraction of sp³-hybridized carbons (Fsp3) is 0.278. The molecule has 0 bridgehead atoms. The summed E-state index contributed by atoms with van der Waals surface area (Å²) in [6.45, 7) is 2.24. The Bertz CT molecular complexity index is 674. The second-order valence-electron chi connectivity index (χ2n) is 5.79. The third-order valence-corrected chi connectivity index (χ3v) is 4.16. The first-order valence-corrected chi connectivity index (χ1v) is 7.17. The molecule has 21 heavy (non-hydrogen) atoms. The van der Waals surface area contributed by atoms with Gasteiger partial charge in [-0.1, -0.05) is 31.2 Å². The van der Waals surface area contributed by atoms with Crippen LogP contribution in [-0.4, -0.2) is 13.0 Å². The Labute approximate surface area is 124 Å². The molecule has 0 saturated heterocycles. The van der Waals surface area contributed by atoms with Crippen LogP contribution in [0.2, 0.25) is 0 Å². The third-order valence-electron chi connectivity index (χ3n) is 4.16. The molecule has 1 aliphatic carbocycles. The summed E-state index contributed by atoms with van der Waals surface area (Å²) in [4.78, 5) is 12.4. The van der Waals surface area contributed by atoms with Gasteiger partial charge in [-0.3, -0.25) is 4.79 Å². The van der Waals surface area contributed by atoms with E-state index in [1.54, 1.807) is 19.2 Å². The van der Waals surface area contributed by atoms with Gasteiger partial charge in [-0.15, -0.1) is 0 Å². The first kappa shape index (κ1) is 13.7. The van der Waals surface area contributed by atoms with Gasteiger partial charge in [0.25, 0.3) is 5.91 Å². The molecular formula is C18H19NO2. The topological polar surface area (TPSA) is 38.3 Å². The van der Waals surface area contributed by atoms with Crippen LogP contribution in [0.5, 0.6) is 5.75 Å². The monoisotopic (exact) mass is 281 g/mol. The van der Waals surface area contributed by atoms with Crippen LogP contribution in [0.4, 0.5) is 5.69 Å². The van der Waals surface area contributed by atoms with Crippen molar-refractivity contribution < 1.29 is 9.53 Å². The molecule has 1 saturated carbocycles. The minimum absolute atomic E-state index is 0.106. The molecule has 1 N–H and O–H groups in total. The Hall–Kier alpha value is -2.29. The Morgan fingerprint density at radius 1 is 1.14 bits per heavy atom. The average molecular weight is 281 g/mol. The van der Waals surface area contributed by atoms with E-state index >= 15 is 0 Å². The maximum absolute atomic E-state index is 12.4. The Balaban J connectivity index is 1.85. The van der Waals surface area contributed by atoms with E-state index in [9.17, 15) is 4.79 Å². The van der Waals surface area contributed by atoms with Crippen molar-refractivity contribution in [2.24, 2.45) is 0 Å². The predicted molar refractivity (Wildman–Crippen MR) is 84.0 cm³/mol. The predicted octanol–water partition coefficient (Wildman–Crippen LogP) is 4.00. The van der Waals surface area contributed by atoms with Crippen molar-refractivity contribution in [2.75, 3.05) is 12.4 Å². The van der Waals surface area contributed by atoms with Gasteiger partial charge in [0.2, 0.25) is 0 Å². The molecular weight excluding hydrogens is 262 g/mol. The smallest absolute Gasteiger partial charge is 0.255 e. The van der Waals surface area contributed by atoms with Gasteiger partial charge in [0.05, 0.1) is 7.11 Å². The highest BCUT2D eigenvalue weighted by molar-refractivity contribution is 6.05. The molecule has 3 heteroatoms. The molecule has 3 nitrogen and oxygen atoms in total. The van der Waals surface area contributed by atoms with E-state index in [2.05, 4.69) is 18.3 Å². The van der Waals surface area contributed by atoms with Crippen molar-refractivity contribution in [3.8, 4) is 5.75 Å². The highest BCUT2D eigenvalue weighted by Crippen LogP contribution is 2.50. The number of methoxy groups -OCH3 is 1. The number of amides is 1. The van der Waals surface area contributed by atoms with Gasteiger partial charge in [0.15, 0.2) is 0 Å². The fourth-order valence-electron chi connectivity index (χ4n) is 2.53. The van der Waals surface area contributed by atoms with Crippen molar-refractivity contribution in [2.45, 2.75) is 25.2 Å². The van der Waals surface area contributed by atoms with Gasteiger partial charge >= 0.3 is 0 Å². The molecule has 3 rings (SSSR count). The van der Waals surface area contributed by atoms with Crippen molar-refractivity contribution >= 4 is 11.6 Å². The molecule has 2 aromatic rings. The number of hydrogen-bond donors (Lipinski definition) is 1. The van der Waals surface area contributed by atoms with E-state index < -0.39 is 0 Å². The number of ether oxygens (including phenoxy) is 1. The summed E-state index contributed by atoms with van der Waals surface area (Å²) >= 11 is 0. The molecule has 0 aromatic heterocycles. The van der Waals surface area contributed by atoms with Crippen LogP contribution in [0.25, 0.3) is 0 Å². The Kier molecular flexibility index (Phi) is 3.42. The van der Waals surface area contributed by atoms with Crippen LogP contribution in [0.15, 0.2) is 48.5 Å². The molecule has 0 heterocycles. The van der Waals surface area contributed by atoms with E-state index in [0.29, 0.717) is 11.3 Å². The van der Waals surface area contributed by atoms with E-state index in [4.69, 9.17) is 4.74 Å². The summed E-state index contributed by atoms with van der Waals surface area (Å²) < 4.78 is 5.16. The van der Waals surface area contributed by atoms with E-state index in [-0.39, 0.29) is 11.3 Å². The average Bonchev–Trinajstić information content (AvgIpc) is 3.26. The van der Waals surface area contributed by atoms with Crippen LogP contribution in [-0.2, 0) is 5.41 Å². The van der Waals surface area contributed by atoms with Crippen molar-refractivity contribution in [1.82, 2.24) is 0 Å². The van der Waals surface area contributed by atoms with E-state index in [1.165, 1.54) is 18.4 Å². The number of nitrogens with one attached hydrogen (secondary N) is 1. The quantitative estimate of drug-likeness (QED) is 0.920. The van der Waals surface area contributed by atoms with E-state index in [1.807, 2.05) is 30.3 Å². The van der Waals surface area contributed by atoms with Gasteiger partial charge in [0, 0.05) is 11.3 Å². The zero-order chi connectivity index (χ0) is 14.9. The van der Waals surface area contributed by atoms with Gasteiger partial charge < -0.3 is 10.1 Å². The highest BCUT2D eigenvalue weighted by Gasteiger charge is 2.40. The molecule has 1 amide bonds. The fourth-order valence-corrected chi connectivity index (χ4v) is 2.53. The van der Waals surface area contributed by atoms with Gasteiger partial charge in [-0.2, -0.15) is 0 Å². The first-order valence-electron chi connectivity index (χ1n) is 7.17. The minimum Gasteiger partial charge on any atom is -0.497 e. The summed E-state index contributed by atoms with van der Waals surface area (Å²) in [5, 5.41) is 3.03.